The molecule has 0 amide bonds. The Labute approximate surface area is 157 Å². The normalized spacial score (nSPS) is 14.7. The van der Waals surface area contributed by atoms with Crippen molar-refractivity contribution in [2.75, 3.05) is 45.3 Å². The molecule has 1 aliphatic rings. The Morgan fingerprint density at radius 1 is 1.04 bits per heavy atom. The van der Waals surface area contributed by atoms with Crippen molar-refractivity contribution in [2.45, 2.75) is 6.54 Å². The predicted molar refractivity (Wildman–Crippen MR) is 101 cm³/mol. The molecule has 8 nitrogen and oxygen atoms in total. The first kappa shape index (κ1) is 17.6. The largest absolute Gasteiger partial charge is 0.378 e. The highest BCUT2D eigenvalue weighted by Crippen LogP contribution is 2.22. The number of rotatable bonds is 5. The number of morpholine rings is 1. The fourth-order valence-electron chi connectivity index (χ4n) is 2.95. The highest BCUT2D eigenvalue weighted by molar-refractivity contribution is 5.58. The second-order valence-corrected chi connectivity index (χ2v) is 6.70. The van der Waals surface area contributed by atoms with Crippen molar-refractivity contribution in [3.8, 4) is 23.0 Å². The minimum absolute atomic E-state index is 0.388. The lowest BCUT2D eigenvalue weighted by molar-refractivity contribution is 0.122. The van der Waals surface area contributed by atoms with Gasteiger partial charge in [0.05, 0.1) is 13.2 Å². The fourth-order valence-corrected chi connectivity index (χ4v) is 2.95. The predicted octanol–water partition coefficient (Wildman–Crippen LogP) is 2.09. The zero-order chi connectivity index (χ0) is 18.6. The molecule has 2 aromatic heterocycles. The first-order valence-electron chi connectivity index (χ1n) is 8.93. The Balaban J connectivity index is 1.54. The van der Waals surface area contributed by atoms with Crippen LogP contribution in [-0.2, 0) is 11.3 Å². The third-order valence-electron chi connectivity index (χ3n) is 4.29. The second-order valence-electron chi connectivity index (χ2n) is 6.70. The summed E-state index contributed by atoms with van der Waals surface area (Å²) >= 11 is 0. The van der Waals surface area contributed by atoms with Gasteiger partial charge < -0.3 is 19.1 Å². The number of benzene rings is 1. The molecule has 4 rings (SSSR count). The lowest BCUT2D eigenvalue weighted by atomic mass is 10.1. The average molecular weight is 366 g/mol. The molecule has 1 aromatic carbocycles. The Kier molecular flexibility index (Phi) is 5.08. The average Bonchev–Trinajstić information content (AvgIpc) is 3.19. The van der Waals surface area contributed by atoms with Crippen LogP contribution in [-0.4, -0.2) is 65.4 Å². The Bertz CT molecular complexity index is 887. The van der Waals surface area contributed by atoms with Gasteiger partial charge in [-0.2, -0.15) is 4.98 Å². The highest BCUT2D eigenvalue weighted by atomic mass is 16.5. The van der Waals surface area contributed by atoms with E-state index in [0.29, 0.717) is 36.6 Å². The van der Waals surface area contributed by atoms with E-state index in [0.717, 1.165) is 25.2 Å². The van der Waals surface area contributed by atoms with Crippen LogP contribution in [0.5, 0.6) is 0 Å². The molecule has 140 valence electrons. The summed E-state index contributed by atoms with van der Waals surface area (Å²) in [5, 5.41) is 4.11. The number of hydrogen-bond acceptors (Lipinski definition) is 8. The number of hydrogen-bond donors (Lipinski definition) is 0. The number of ether oxygens (including phenoxy) is 1. The van der Waals surface area contributed by atoms with E-state index in [1.54, 1.807) is 12.3 Å². The van der Waals surface area contributed by atoms with Crippen LogP contribution in [0.4, 0.5) is 5.95 Å². The molecule has 27 heavy (non-hydrogen) atoms. The van der Waals surface area contributed by atoms with Crippen LogP contribution in [0.3, 0.4) is 0 Å². The Morgan fingerprint density at radius 2 is 1.81 bits per heavy atom. The standard InChI is InChI=1S/C19H22N6O2/c1-24(2)13-14-3-5-15(6-4-14)17-22-18(27-23-17)16-7-8-20-19(21-16)25-9-11-26-12-10-25/h3-8H,9-13H2,1-2H3. The second kappa shape index (κ2) is 7.81. The van der Waals surface area contributed by atoms with Crippen molar-refractivity contribution in [1.29, 1.82) is 0 Å². The molecule has 1 aliphatic heterocycles. The van der Waals surface area contributed by atoms with Crippen LogP contribution >= 0.6 is 0 Å². The maximum Gasteiger partial charge on any atom is 0.277 e. The van der Waals surface area contributed by atoms with Gasteiger partial charge in [-0.25, -0.2) is 9.97 Å². The van der Waals surface area contributed by atoms with Crippen molar-refractivity contribution in [2.24, 2.45) is 0 Å². The van der Waals surface area contributed by atoms with E-state index < -0.39 is 0 Å². The molecule has 3 heterocycles. The monoisotopic (exact) mass is 366 g/mol. The van der Waals surface area contributed by atoms with Crippen molar-refractivity contribution in [3.05, 3.63) is 42.1 Å². The van der Waals surface area contributed by atoms with E-state index in [9.17, 15) is 0 Å². The van der Waals surface area contributed by atoms with E-state index in [1.165, 1.54) is 5.56 Å². The van der Waals surface area contributed by atoms with E-state index in [1.807, 2.05) is 26.2 Å². The summed E-state index contributed by atoms with van der Waals surface area (Å²) in [4.78, 5) is 17.7. The van der Waals surface area contributed by atoms with Gasteiger partial charge in [-0.1, -0.05) is 29.4 Å². The zero-order valence-corrected chi connectivity index (χ0v) is 15.5. The molecule has 0 radical (unpaired) electrons. The summed E-state index contributed by atoms with van der Waals surface area (Å²) in [6.07, 6.45) is 1.72. The summed E-state index contributed by atoms with van der Waals surface area (Å²) in [5.74, 6) is 1.59. The smallest absolute Gasteiger partial charge is 0.277 e. The van der Waals surface area contributed by atoms with Crippen LogP contribution in [0.1, 0.15) is 5.56 Å². The van der Waals surface area contributed by atoms with Gasteiger partial charge in [0.25, 0.3) is 5.89 Å². The van der Waals surface area contributed by atoms with Gasteiger partial charge in [-0.15, -0.1) is 0 Å². The molecule has 0 atom stereocenters. The van der Waals surface area contributed by atoms with Crippen LogP contribution in [0.25, 0.3) is 23.0 Å². The molecular weight excluding hydrogens is 344 g/mol. The van der Waals surface area contributed by atoms with E-state index in [2.05, 4.69) is 42.0 Å². The first-order chi connectivity index (χ1) is 13.2. The first-order valence-corrected chi connectivity index (χ1v) is 8.93. The van der Waals surface area contributed by atoms with Gasteiger partial charge in [-0.05, 0) is 25.7 Å². The Hall–Kier alpha value is -2.84. The van der Waals surface area contributed by atoms with Crippen LogP contribution in [0.15, 0.2) is 41.1 Å². The molecule has 0 saturated carbocycles. The molecule has 0 spiro atoms. The van der Waals surface area contributed by atoms with E-state index in [-0.39, 0.29) is 0 Å². The zero-order valence-electron chi connectivity index (χ0n) is 15.5. The van der Waals surface area contributed by atoms with Crippen LogP contribution in [0.2, 0.25) is 0 Å². The molecule has 0 N–H and O–H groups in total. The lowest BCUT2D eigenvalue weighted by Crippen LogP contribution is -2.37. The lowest BCUT2D eigenvalue weighted by Gasteiger charge is -2.26. The molecule has 1 fully saturated rings. The Morgan fingerprint density at radius 3 is 2.56 bits per heavy atom. The van der Waals surface area contributed by atoms with Gasteiger partial charge >= 0.3 is 0 Å². The van der Waals surface area contributed by atoms with Gasteiger partial charge in [0.2, 0.25) is 11.8 Å². The summed E-state index contributed by atoms with van der Waals surface area (Å²) in [6.45, 7) is 3.81. The van der Waals surface area contributed by atoms with Crippen molar-refractivity contribution in [3.63, 3.8) is 0 Å². The summed E-state index contributed by atoms with van der Waals surface area (Å²) in [6, 6.07) is 9.94. The fraction of sp³-hybridized carbons (Fsp3) is 0.368. The van der Waals surface area contributed by atoms with Gasteiger partial charge in [-0.3, -0.25) is 0 Å². The number of anilines is 1. The molecular formula is C19H22N6O2. The van der Waals surface area contributed by atoms with Gasteiger partial charge in [0.1, 0.15) is 5.69 Å². The summed E-state index contributed by atoms with van der Waals surface area (Å²) < 4.78 is 10.8. The van der Waals surface area contributed by atoms with Crippen LogP contribution in [0, 0.1) is 0 Å². The number of aromatic nitrogens is 4. The molecule has 8 heteroatoms. The quantitative estimate of drug-likeness (QED) is 0.679. The van der Waals surface area contributed by atoms with E-state index >= 15 is 0 Å². The van der Waals surface area contributed by atoms with Gasteiger partial charge in [0, 0.05) is 31.4 Å². The van der Waals surface area contributed by atoms with Crippen molar-refractivity contribution >= 4 is 5.95 Å². The topological polar surface area (TPSA) is 80.4 Å². The molecule has 0 bridgehead atoms. The van der Waals surface area contributed by atoms with E-state index in [4.69, 9.17) is 9.26 Å². The van der Waals surface area contributed by atoms with Crippen molar-refractivity contribution in [1.82, 2.24) is 25.0 Å². The van der Waals surface area contributed by atoms with Crippen LogP contribution < -0.4 is 4.90 Å². The van der Waals surface area contributed by atoms with Gasteiger partial charge in [0.15, 0.2) is 0 Å². The minimum Gasteiger partial charge on any atom is -0.378 e. The van der Waals surface area contributed by atoms with Crippen molar-refractivity contribution < 1.29 is 9.26 Å². The number of nitrogens with zero attached hydrogens (tertiary/aromatic N) is 6. The molecule has 3 aromatic rings. The molecule has 0 unspecified atom stereocenters. The maximum atomic E-state index is 5.44. The third-order valence-corrected chi connectivity index (χ3v) is 4.29. The molecule has 0 aliphatic carbocycles. The summed E-state index contributed by atoms with van der Waals surface area (Å²) in [5.41, 5.74) is 2.77. The maximum absolute atomic E-state index is 5.44. The minimum atomic E-state index is 0.388. The third kappa shape index (κ3) is 4.12. The SMILES string of the molecule is CN(C)Cc1ccc(-c2noc(-c3ccnc(N4CCOCC4)n3)n2)cc1. The molecule has 1 saturated heterocycles. The summed E-state index contributed by atoms with van der Waals surface area (Å²) in [7, 11) is 4.10. The highest BCUT2D eigenvalue weighted by Gasteiger charge is 2.17.